The van der Waals surface area contributed by atoms with Crippen LogP contribution in [0.4, 0.5) is 0 Å². The van der Waals surface area contributed by atoms with Crippen molar-refractivity contribution in [2.24, 2.45) is 0 Å². The molecule has 1 aliphatic heterocycles. The first-order valence-corrected chi connectivity index (χ1v) is 11.0. The van der Waals surface area contributed by atoms with E-state index in [4.69, 9.17) is 0 Å². The number of hydrogen-bond donors (Lipinski definition) is 1. The third kappa shape index (κ3) is 4.03. The van der Waals surface area contributed by atoms with Gasteiger partial charge in [-0.25, -0.2) is 0 Å². The molecule has 0 bridgehead atoms. The highest BCUT2D eigenvalue weighted by molar-refractivity contribution is 5.87. The summed E-state index contributed by atoms with van der Waals surface area (Å²) in [6.07, 6.45) is 4.00. The van der Waals surface area contributed by atoms with Gasteiger partial charge in [0.15, 0.2) is 5.65 Å². The van der Waals surface area contributed by atoms with Crippen molar-refractivity contribution in [1.82, 2.24) is 24.8 Å². The van der Waals surface area contributed by atoms with E-state index in [9.17, 15) is 4.79 Å². The first-order chi connectivity index (χ1) is 15.2. The van der Waals surface area contributed by atoms with Crippen molar-refractivity contribution >= 4 is 22.3 Å². The molecule has 1 fully saturated rings. The van der Waals surface area contributed by atoms with Gasteiger partial charge in [-0.15, -0.1) is 10.2 Å². The zero-order chi connectivity index (χ0) is 21.2. The molecule has 2 aromatic heterocycles. The average Bonchev–Trinajstić information content (AvgIpc) is 3.23. The van der Waals surface area contributed by atoms with E-state index in [0.717, 1.165) is 43.0 Å². The van der Waals surface area contributed by atoms with Crippen LogP contribution in [-0.2, 0) is 4.79 Å². The van der Waals surface area contributed by atoms with Crippen LogP contribution in [0.2, 0.25) is 0 Å². The molecule has 0 aliphatic carbocycles. The maximum Gasteiger partial charge on any atom is 0.234 e. The molecule has 0 saturated carbocycles. The summed E-state index contributed by atoms with van der Waals surface area (Å²) in [6.45, 7) is 4.27. The number of piperidine rings is 1. The number of rotatable bonds is 5. The fourth-order valence-corrected chi connectivity index (χ4v) is 4.68. The topological polar surface area (TPSA) is 62.5 Å². The molecular weight excluding hydrogens is 386 g/mol. The molecule has 1 aliphatic rings. The van der Waals surface area contributed by atoms with E-state index in [0.29, 0.717) is 12.5 Å². The molecule has 0 spiro atoms. The molecule has 6 nitrogen and oxygen atoms in total. The van der Waals surface area contributed by atoms with Crippen molar-refractivity contribution in [2.75, 3.05) is 19.6 Å². The Morgan fingerprint density at radius 2 is 1.81 bits per heavy atom. The molecule has 31 heavy (non-hydrogen) atoms. The molecule has 1 amide bonds. The van der Waals surface area contributed by atoms with Gasteiger partial charge < -0.3 is 5.32 Å². The summed E-state index contributed by atoms with van der Waals surface area (Å²) in [5.74, 6) is 1.49. The normalized spacial score (nSPS) is 16.5. The van der Waals surface area contributed by atoms with Crippen molar-refractivity contribution < 1.29 is 4.79 Å². The molecule has 2 aromatic carbocycles. The van der Waals surface area contributed by atoms with Crippen LogP contribution < -0.4 is 5.32 Å². The maximum atomic E-state index is 12.7. The van der Waals surface area contributed by atoms with Gasteiger partial charge in [-0.3, -0.25) is 14.1 Å². The van der Waals surface area contributed by atoms with Gasteiger partial charge in [-0.05, 0) is 61.3 Å². The number of amides is 1. The Morgan fingerprint density at radius 3 is 2.68 bits per heavy atom. The standard InChI is InChI=1S/C25H27N5O/c1-18(21-10-6-8-19-7-2-3-9-22(19)21)26-24(31)17-29-15-12-20(13-16-29)25-28-27-23-11-4-5-14-30(23)25/h2-11,14,18,20H,12-13,15-17H2,1H3,(H,26,31). The monoisotopic (exact) mass is 413 g/mol. The molecule has 0 radical (unpaired) electrons. The van der Waals surface area contributed by atoms with Crippen LogP contribution in [0.3, 0.4) is 0 Å². The Kier molecular flexibility index (Phi) is 5.38. The van der Waals surface area contributed by atoms with Crippen molar-refractivity contribution in [1.29, 1.82) is 0 Å². The highest BCUT2D eigenvalue weighted by atomic mass is 16.2. The van der Waals surface area contributed by atoms with Gasteiger partial charge in [0.25, 0.3) is 0 Å². The number of carbonyl (C=O) groups excluding carboxylic acids is 1. The third-order valence-corrected chi connectivity index (χ3v) is 6.33. The minimum atomic E-state index is -0.0292. The van der Waals surface area contributed by atoms with Crippen LogP contribution in [0.1, 0.15) is 43.1 Å². The van der Waals surface area contributed by atoms with Gasteiger partial charge in [0.2, 0.25) is 5.91 Å². The summed E-state index contributed by atoms with van der Waals surface area (Å²) in [7, 11) is 0. The Balaban J connectivity index is 1.18. The predicted octanol–water partition coefficient (Wildman–Crippen LogP) is 3.94. The molecule has 158 valence electrons. The van der Waals surface area contributed by atoms with E-state index in [-0.39, 0.29) is 11.9 Å². The second-order valence-electron chi connectivity index (χ2n) is 8.40. The van der Waals surface area contributed by atoms with E-state index in [2.05, 4.69) is 62.1 Å². The SMILES string of the molecule is CC(NC(=O)CN1CCC(c2nnc3ccccn23)CC1)c1cccc2ccccc12. The highest BCUT2D eigenvalue weighted by Gasteiger charge is 2.25. The minimum absolute atomic E-state index is 0.0292. The molecule has 1 atom stereocenters. The van der Waals surface area contributed by atoms with Crippen molar-refractivity contribution in [3.05, 3.63) is 78.2 Å². The lowest BCUT2D eigenvalue weighted by molar-refractivity contribution is -0.123. The number of benzene rings is 2. The van der Waals surface area contributed by atoms with Crippen LogP contribution in [0, 0.1) is 0 Å². The highest BCUT2D eigenvalue weighted by Crippen LogP contribution is 2.27. The number of likely N-dealkylation sites (tertiary alicyclic amines) is 1. The second kappa shape index (κ2) is 8.47. The second-order valence-corrected chi connectivity index (χ2v) is 8.40. The van der Waals surface area contributed by atoms with E-state index >= 15 is 0 Å². The van der Waals surface area contributed by atoms with E-state index in [1.54, 1.807) is 0 Å². The lowest BCUT2D eigenvalue weighted by Crippen LogP contribution is -2.42. The fraction of sp³-hybridized carbons (Fsp3) is 0.320. The molecule has 4 aromatic rings. The first kappa shape index (κ1) is 19.7. The third-order valence-electron chi connectivity index (χ3n) is 6.33. The van der Waals surface area contributed by atoms with E-state index in [1.807, 2.05) is 36.5 Å². The lowest BCUT2D eigenvalue weighted by atomic mass is 9.96. The molecule has 1 N–H and O–H groups in total. The average molecular weight is 414 g/mol. The number of nitrogens with one attached hydrogen (secondary N) is 1. The summed E-state index contributed by atoms with van der Waals surface area (Å²) in [4.78, 5) is 15.0. The summed E-state index contributed by atoms with van der Waals surface area (Å²) >= 11 is 0. The molecule has 1 unspecified atom stereocenters. The molecule has 5 rings (SSSR count). The molecule has 1 saturated heterocycles. The van der Waals surface area contributed by atoms with Crippen LogP contribution in [0.25, 0.3) is 16.4 Å². The smallest absolute Gasteiger partial charge is 0.234 e. The van der Waals surface area contributed by atoms with Crippen molar-refractivity contribution in [3.8, 4) is 0 Å². The molecular formula is C25H27N5O. The van der Waals surface area contributed by atoms with Crippen molar-refractivity contribution in [3.63, 3.8) is 0 Å². The van der Waals surface area contributed by atoms with Crippen LogP contribution in [0.5, 0.6) is 0 Å². The van der Waals surface area contributed by atoms with E-state index < -0.39 is 0 Å². The number of hydrogen-bond acceptors (Lipinski definition) is 4. The zero-order valence-corrected chi connectivity index (χ0v) is 17.7. The van der Waals surface area contributed by atoms with Crippen LogP contribution >= 0.6 is 0 Å². The number of pyridine rings is 1. The van der Waals surface area contributed by atoms with Gasteiger partial charge in [-0.2, -0.15) is 0 Å². The van der Waals surface area contributed by atoms with Gasteiger partial charge in [0.05, 0.1) is 12.6 Å². The molecule has 3 heterocycles. The van der Waals surface area contributed by atoms with Crippen LogP contribution in [-0.4, -0.2) is 45.0 Å². The largest absolute Gasteiger partial charge is 0.348 e. The Labute approximate surface area is 181 Å². The van der Waals surface area contributed by atoms with Crippen LogP contribution in [0.15, 0.2) is 66.9 Å². The summed E-state index contributed by atoms with van der Waals surface area (Å²) in [6, 6.07) is 20.5. The van der Waals surface area contributed by atoms with Gasteiger partial charge in [0.1, 0.15) is 5.82 Å². The van der Waals surface area contributed by atoms with Gasteiger partial charge in [0, 0.05) is 12.1 Å². The lowest BCUT2D eigenvalue weighted by Gasteiger charge is -2.31. The fourth-order valence-electron chi connectivity index (χ4n) is 4.68. The summed E-state index contributed by atoms with van der Waals surface area (Å²) < 4.78 is 2.08. The van der Waals surface area contributed by atoms with Crippen molar-refractivity contribution in [2.45, 2.75) is 31.7 Å². The van der Waals surface area contributed by atoms with Gasteiger partial charge >= 0.3 is 0 Å². The zero-order valence-electron chi connectivity index (χ0n) is 17.7. The summed E-state index contributed by atoms with van der Waals surface area (Å²) in [5.41, 5.74) is 2.05. The number of fused-ring (bicyclic) bond motifs is 2. The molecule has 6 heteroatoms. The Hall–Kier alpha value is -3.25. The van der Waals surface area contributed by atoms with Gasteiger partial charge in [-0.1, -0.05) is 48.5 Å². The number of carbonyl (C=O) groups is 1. The quantitative estimate of drug-likeness (QED) is 0.538. The first-order valence-electron chi connectivity index (χ1n) is 11.0. The number of aromatic nitrogens is 3. The Morgan fingerprint density at radius 1 is 1.03 bits per heavy atom. The predicted molar refractivity (Wildman–Crippen MR) is 122 cm³/mol. The maximum absolute atomic E-state index is 12.7. The Bertz CT molecular complexity index is 1200. The minimum Gasteiger partial charge on any atom is -0.348 e. The van der Waals surface area contributed by atoms with E-state index in [1.165, 1.54) is 10.8 Å². The summed E-state index contributed by atoms with van der Waals surface area (Å²) in [5, 5.41) is 14.3. The number of nitrogens with zero attached hydrogens (tertiary/aromatic N) is 4.